The van der Waals surface area contributed by atoms with Crippen LogP contribution in [0.2, 0.25) is 0 Å². The molecule has 94 valence electrons. The summed E-state index contributed by atoms with van der Waals surface area (Å²) in [5.41, 5.74) is 4.34. The Hall–Kier alpha value is -0.820. The van der Waals surface area contributed by atoms with Gasteiger partial charge in [0.1, 0.15) is 0 Å². The van der Waals surface area contributed by atoms with Gasteiger partial charge in [-0.25, -0.2) is 0 Å². The summed E-state index contributed by atoms with van der Waals surface area (Å²) in [5, 5.41) is 3.67. The minimum atomic E-state index is 0.732. The van der Waals surface area contributed by atoms with Crippen molar-refractivity contribution in [1.82, 2.24) is 5.32 Å². The molecule has 0 bridgehead atoms. The first-order chi connectivity index (χ1) is 8.15. The highest BCUT2D eigenvalue weighted by molar-refractivity contribution is 5.30. The van der Waals surface area contributed by atoms with Gasteiger partial charge >= 0.3 is 0 Å². The van der Waals surface area contributed by atoms with E-state index in [1.807, 2.05) is 0 Å². The van der Waals surface area contributed by atoms with E-state index in [1.165, 1.54) is 42.4 Å². The van der Waals surface area contributed by atoms with Gasteiger partial charge in [-0.3, -0.25) is 0 Å². The maximum absolute atomic E-state index is 3.67. The largest absolute Gasteiger partial charge is 0.314 e. The molecule has 17 heavy (non-hydrogen) atoms. The standard InChI is InChI=1S/C16H25N/c1-12-7-8-14(3)15(9-12)10-13(2)11-17-16-5-4-6-16/h7-9,13,16-17H,4-6,10-11H2,1-3H3. The lowest BCUT2D eigenvalue weighted by Crippen LogP contribution is -2.38. The predicted octanol–water partition coefficient (Wildman–Crippen LogP) is 3.62. The third-order valence-corrected chi connectivity index (χ3v) is 3.93. The monoisotopic (exact) mass is 231 g/mol. The van der Waals surface area contributed by atoms with Crippen molar-refractivity contribution in [2.24, 2.45) is 5.92 Å². The topological polar surface area (TPSA) is 12.0 Å². The average Bonchev–Trinajstić information content (AvgIpc) is 2.21. The van der Waals surface area contributed by atoms with Gasteiger partial charge < -0.3 is 5.32 Å². The molecule has 1 N–H and O–H groups in total. The second kappa shape index (κ2) is 5.68. The van der Waals surface area contributed by atoms with Crippen LogP contribution in [0.15, 0.2) is 18.2 Å². The summed E-state index contributed by atoms with van der Waals surface area (Å²) in [5.74, 6) is 0.732. The molecule has 0 saturated heterocycles. The number of rotatable bonds is 5. The molecule has 1 fully saturated rings. The van der Waals surface area contributed by atoms with Crippen LogP contribution < -0.4 is 5.32 Å². The lowest BCUT2D eigenvalue weighted by atomic mass is 9.91. The van der Waals surface area contributed by atoms with E-state index < -0.39 is 0 Å². The van der Waals surface area contributed by atoms with E-state index in [2.05, 4.69) is 44.3 Å². The molecule has 1 saturated carbocycles. The first kappa shape index (κ1) is 12.6. The molecule has 0 aromatic heterocycles. The van der Waals surface area contributed by atoms with Gasteiger partial charge in [-0.05, 0) is 56.7 Å². The molecule has 2 rings (SSSR count). The van der Waals surface area contributed by atoms with Crippen molar-refractivity contribution in [3.63, 3.8) is 0 Å². The number of aryl methyl sites for hydroxylation is 2. The quantitative estimate of drug-likeness (QED) is 0.816. The number of hydrogen-bond acceptors (Lipinski definition) is 1. The van der Waals surface area contributed by atoms with Crippen LogP contribution in [0.5, 0.6) is 0 Å². The maximum atomic E-state index is 3.67. The van der Waals surface area contributed by atoms with Crippen LogP contribution in [0.25, 0.3) is 0 Å². The molecule has 0 spiro atoms. The third kappa shape index (κ3) is 3.57. The molecule has 1 nitrogen and oxygen atoms in total. The fourth-order valence-electron chi connectivity index (χ4n) is 2.45. The lowest BCUT2D eigenvalue weighted by molar-refractivity contribution is 0.320. The summed E-state index contributed by atoms with van der Waals surface area (Å²) in [6.07, 6.45) is 5.39. The smallest absolute Gasteiger partial charge is 0.00671 e. The molecular formula is C16H25N. The van der Waals surface area contributed by atoms with Crippen molar-refractivity contribution in [3.05, 3.63) is 34.9 Å². The van der Waals surface area contributed by atoms with Gasteiger partial charge in [-0.2, -0.15) is 0 Å². The Morgan fingerprint density at radius 2 is 2.06 bits per heavy atom. The minimum Gasteiger partial charge on any atom is -0.314 e. The molecule has 0 amide bonds. The van der Waals surface area contributed by atoms with Gasteiger partial charge in [0.25, 0.3) is 0 Å². The third-order valence-electron chi connectivity index (χ3n) is 3.93. The van der Waals surface area contributed by atoms with E-state index >= 15 is 0 Å². The predicted molar refractivity (Wildman–Crippen MR) is 74.4 cm³/mol. The van der Waals surface area contributed by atoms with Crippen LogP contribution in [0.1, 0.15) is 42.9 Å². The second-order valence-electron chi connectivity index (χ2n) is 5.78. The highest BCUT2D eigenvalue weighted by atomic mass is 14.9. The van der Waals surface area contributed by atoms with Crippen LogP contribution in [-0.4, -0.2) is 12.6 Å². The van der Waals surface area contributed by atoms with E-state index in [0.717, 1.165) is 18.5 Å². The van der Waals surface area contributed by atoms with Crippen LogP contribution >= 0.6 is 0 Å². The Kier molecular flexibility index (Phi) is 4.22. The Morgan fingerprint density at radius 3 is 2.71 bits per heavy atom. The minimum absolute atomic E-state index is 0.732. The van der Waals surface area contributed by atoms with Gasteiger partial charge in [0.15, 0.2) is 0 Å². The Bertz CT molecular complexity index is 366. The Balaban J connectivity index is 1.83. The lowest BCUT2D eigenvalue weighted by Gasteiger charge is -2.28. The van der Waals surface area contributed by atoms with E-state index in [9.17, 15) is 0 Å². The van der Waals surface area contributed by atoms with E-state index in [1.54, 1.807) is 0 Å². The molecule has 1 aromatic rings. The van der Waals surface area contributed by atoms with Crippen LogP contribution in [0.4, 0.5) is 0 Å². The van der Waals surface area contributed by atoms with Gasteiger partial charge in [-0.1, -0.05) is 37.1 Å². The normalized spacial score (nSPS) is 17.8. The molecule has 1 unspecified atom stereocenters. The number of benzene rings is 1. The zero-order chi connectivity index (χ0) is 12.3. The van der Waals surface area contributed by atoms with Gasteiger partial charge in [0.2, 0.25) is 0 Å². The maximum Gasteiger partial charge on any atom is 0.00671 e. The molecule has 1 aliphatic carbocycles. The summed E-state index contributed by atoms with van der Waals surface area (Å²) in [6, 6.07) is 7.61. The summed E-state index contributed by atoms with van der Waals surface area (Å²) < 4.78 is 0. The van der Waals surface area contributed by atoms with E-state index in [-0.39, 0.29) is 0 Å². The zero-order valence-electron chi connectivity index (χ0n) is 11.4. The second-order valence-corrected chi connectivity index (χ2v) is 5.78. The molecule has 1 atom stereocenters. The van der Waals surface area contributed by atoms with Crippen molar-refractivity contribution >= 4 is 0 Å². The van der Waals surface area contributed by atoms with Crippen molar-refractivity contribution in [2.45, 2.75) is 52.5 Å². The first-order valence-electron chi connectivity index (χ1n) is 6.94. The molecule has 0 heterocycles. The average molecular weight is 231 g/mol. The van der Waals surface area contributed by atoms with Crippen molar-refractivity contribution in [1.29, 1.82) is 0 Å². The molecule has 0 aliphatic heterocycles. The molecule has 1 heteroatoms. The fraction of sp³-hybridized carbons (Fsp3) is 0.625. The van der Waals surface area contributed by atoms with Crippen molar-refractivity contribution in [3.8, 4) is 0 Å². The van der Waals surface area contributed by atoms with Gasteiger partial charge in [0, 0.05) is 6.04 Å². The highest BCUT2D eigenvalue weighted by Crippen LogP contribution is 2.19. The SMILES string of the molecule is Cc1ccc(C)c(CC(C)CNC2CCC2)c1. The van der Waals surface area contributed by atoms with E-state index in [0.29, 0.717) is 0 Å². The number of hydrogen-bond donors (Lipinski definition) is 1. The number of nitrogens with one attached hydrogen (secondary N) is 1. The van der Waals surface area contributed by atoms with Crippen molar-refractivity contribution in [2.75, 3.05) is 6.54 Å². The molecule has 1 aliphatic rings. The molecular weight excluding hydrogens is 206 g/mol. The first-order valence-corrected chi connectivity index (χ1v) is 6.94. The van der Waals surface area contributed by atoms with E-state index in [4.69, 9.17) is 0 Å². The fourth-order valence-corrected chi connectivity index (χ4v) is 2.45. The Labute approximate surface area is 106 Å². The highest BCUT2D eigenvalue weighted by Gasteiger charge is 2.17. The van der Waals surface area contributed by atoms with Crippen LogP contribution in [0, 0.1) is 19.8 Å². The molecule has 1 aromatic carbocycles. The molecule has 0 radical (unpaired) electrons. The zero-order valence-corrected chi connectivity index (χ0v) is 11.4. The van der Waals surface area contributed by atoms with Crippen LogP contribution in [0.3, 0.4) is 0 Å². The summed E-state index contributed by atoms with van der Waals surface area (Å²) in [4.78, 5) is 0. The summed E-state index contributed by atoms with van der Waals surface area (Å²) in [7, 11) is 0. The van der Waals surface area contributed by atoms with Crippen LogP contribution in [-0.2, 0) is 6.42 Å². The summed E-state index contributed by atoms with van der Waals surface area (Å²) >= 11 is 0. The Morgan fingerprint density at radius 1 is 1.29 bits per heavy atom. The summed E-state index contributed by atoms with van der Waals surface area (Å²) in [6.45, 7) is 7.92. The van der Waals surface area contributed by atoms with Gasteiger partial charge in [-0.15, -0.1) is 0 Å². The van der Waals surface area contributed by atoms with Crippen molar-refractivity contribution < 1.29 is 0 Å². The van der Waals surface area contributed by atoms with Gasteiger partial charge in [0.05, 0.1) is 0 Å².